The second kappa shape index (κ2) is 6.61. The van der Waals surface area contributed by atoms with Crippen LogP contribution in [0.15, 0.2) is 18.2 Å². The lowest BCUT2D eigenvalue weighted by molar-refractivity contribution is 0.0687. The quantitative estimate of drug-likeness (QED) is 0.731. The molecule has 2 rings (SSSR count). The van der Waals surface area contributed by atoms with E-state index >= 15 is 0 Å². The number of rotatable bonds is 4. The number of benzene rings is 1. The van der Waals surface area contributed by atoms with E-state index in [2.05, 4.69) is 12.2 Å². The van der Waals surface area contributed by atoms with E-state index in [1.165, 1.54) is 18.2 Å². The first-order chi connectivity index (χ1) is 9.61. The zero-order chi connectivity index (χ0) is 14.5. The number of phenolic OH excluding ortho intramolecular Hbond substituents is 2. The first-order valence-electron chi connectivity index (χ1n) is 7.13. The van der Waals surface area contributed by atoms with E-state index in [0.717, 1.165) is 25.9 Å². The van der Waals surface area contributed by atoms with E-state index < -0.39 is 0 Å². The summed E-state index contributed by atoms with van der Waals surface area (Å²) in [7, 11) is 0. The van der Waals surface area contributed by atoms with Crippen molar-refractivity contribution in [1.29, 1.82) is 0 Å². The van der Waals surface area contributed by atoms with E-state index in [1.807, 2.05) is 0 Å². The lowest BCUT2D eigenvalue weighted by Gasteiger charge is -2.32. The van der Waals surface area contributed by atoms with Crippen LogP contribution in [-0.2, 0) is 0 Å². The Hall–Kier alpha value is -1.75. The normalized spacial score (nSPS) is 16.4. The molecule has 1 fully saturated rings. The molecule has 0 unspecified atom stereocenters. The number of amides is 1. The largest absolute Gasteiger partial charge is 0.508 e. The number of hydrogen-bond donors (Lipinski definition) is 3. The number of carbonyl (C=O) groups excluding carboxylic acids is 1. The van der Waals surface area contributed by atoms with Crippen molar-refractivity contribution in [2.75, 3.05) is 26.2 Å². The molecule has 20 heavy (non-hydrogen) atoms. The fourth-order valence-corrected chi connectivity index (χ4v) is 2.55. The number of nitrogens with one attached hydrogen (secondary N) is 1. The predicted octanol–water partition coefficient (Wildman–Crippen LogP) is 1.56. The van der Waals surface area contributed by atoms with E-state index in [-0.39, 0.29) is 23.0 Å². The molecule has 1 heterocycles. The molecule has 1 aliphatic rings. The number of nitrogens with zero attached hydrogens (tertiary/aromatic N) is 1. The van der Waals surface area contributed by atoms with E-state index in [0.29, 0.717) is 19.0 Å². The van der Waals surface area contributed by atoms with Gasteiger partial charge in [-0.05, 0) is 50.0 Å². The lowest BCUT2D eigenvalue weighted by atomic mass is 9.96. The van der Waals surface area contributed by atoms with Crippen molar-refractivity contribution >= 4 is 5.91 Å². The van der Waals surface area contributed by atoms with Crippen LogP contribution in [0, 0.1) is 5.92 Å². The van der Waals surface area contributed by atoms with Crippen LogP contribution >= 0.6 is 0 Å². The predicted molar refractivity (Wildman–Crippen MR) is 76.9 cm³/mol. The average molecular weight is 278 g/mol. The fraction of sp³-hybridized carbons (Fsp3) is 0.533. The number of aromatic hydroxyl groups is 2. The minimum absolute atomic E-state index is 0.00631. The molecule has 0 spiro atoms. The summed E-state index contributed by atoms with van der Waals surface area (Å²) in [5.74, 6) is 0.313. The molecule has 0 bridgehead atoms. The Morgan fingerprint density at radius 3 is 2.70 bits per heavy atom. The Kier molecular flexibility index (Phi) is 4.84. The zero-order valence-electron chi connectivity index (χ0n) is 11.8. The smallest absolute Gasteiger partial charge is 0.257 e. The summed E-state index contributed by atoms with van der Waals surface area (Å²) in [5.41, 5.74) is 0.176. The standard InChI is InChI=1S/C15H22N2O3/c1-2-16-10-11-5-7-17(8-6-11)15(20)13-9-12(18)3-4-14(13)19/h3-4,9,11,16,18-19H,2,5-8,10H2,1H3. The molecule has 5 nitrogen and oxygen atoms in total. The third-order valence-electron chi connectivity index (χ3n) is 3.80. The van der Waals surface area contributed by atoms with E-state index in [4.69, 9.17) is 0 Å². The number of hydrogen-bond acceptors (Lipinski definition) is 4. The van der Waals surface area contributed by atoms with Gasteiger partial charge in [0.1, 0.15) is 11.5 Å². The molecule has 1 aliphatic heterocycles. The average Bonchev–Trinajstić information content (AvgIpc) is 2.47. The van der Waals surface area contributed by atoms with Gasteiger partial charge in [-0.1, -0.05) is 6.92 Å². The Bertz CT molecular complexity index is 468. The van der Waals surface area contributed by atoms with Crippen LogP contribution in [0.3, 0.4) is 0 Å². The van der Waals surface area contributed by atoms with Crippen LogP contribution in [0.4, 0.5) is 0 Å². The van der Waals surface area contributed by atoms with Gasteiger partial charge in [0.2, 0.25) is 0 Å². The van der Waals surface area contributed by atoms with Gasteiger partial charge in [-0.2, -0.15) is 0 Å². The lowest BCUT2D eigenvalue weighted by Crippen LogP contribution is -2.40. The summed E-state index contributed by atoms with van der Waals surface area (Å²) in [6, 6.07) is 4.04. The van der Waals surface area contributed by atoms with Gasteiger partial charge >= 0.3 is 0 Å². The third kappa shape index (κ3) is 3.42. The number of carbonyl (C=O) groups is 1. The molecular formula is C15H22N2O3. The number of phenols is 2. The highest BCUT2D eigenvalue weighted by atomic mass is 16.3. The molecule has 1 amide bonds. The van der Waals surface area contributed by atoms with Gasteiger partial charge < -0.3 is 20.4 Å². The van der Waals surface area contributed by atoms with E-state index in [1.54, 1.807) is 4.90 Å². The minimum Gasteiger partial charge on any atom is -0.508 e. The molecule has 5 heteroatoms. The Morgan fingerprint density at radius 1 is 1.35 bits per heavy atom. The van der Waals surface area contributed by atoms with Gasteiger partial charge in [0.05, 0.1) is 5.56 Å². The van der Waals surface area contributed by atoms with Crippen LogP contribution in [0.25, 0.3) is 0 Å². The van der Waals surface area contributed by atoms with Gasteiger partial charge in [-0.25, -0.2) is 0 Å². The van der Waals surface area contributed by atoms with Gasteiger partial charge in [0, 0.05) is 13.1 Å². The summed E-state index contributed by atoms with van der Waals surface area (Å²) in [6.07, 6.45) is 1.94. The highest BCUT2D eigenvalue weighted by molar-refractivity contribution is 5.97. The van der Waals surface area contributed by atoms with Crippen molar-refractivity contribution in [3.8, 4) is 11.5 Å². The van der Waals surface area contributed by atoms with Crippen molar-refractivity contribution in [2.45, 2.75) is 19.8 Å². The molecule has 1 saturated heterocycles. The Labute approximate surface area is 119 Å². The Morgan fingerprint density at radius 2 is 2.05 bits per heavy atom. The third-order valence-corrected chi connectivity index (χ3v) is 3.80. The van der Waals surface area contributed by atoms with Crippen LogP contribution in [0.2, 0.25) is 0 Å². The summed E-state index contributed by atoms with van der Waals surface area (Å²) in [5, 5.41) is 22.5. The van der Waals surface area contributed by atoms with E-state index in [9.17, 15) is 15.0 Å². The van der Waals surface area contributed by atoms with Crippen molar-refractivity contribution in [1.82, 2.24) is 10.2 Å². The van der Waals surface area contributed by atoms with Crippen molar-refractivity contribution < 1.29 is 15.0 Å². The minimum atomic E-state index is -0.208. The molecule has 0 atom stereocenters. The maximum atomic E-state index is 12.3. The highest BCUT2D eigenvalue weighted by Gasteiger charge is 2.25. The molecule has 1 aromatic carbocycles. The SMILES string of the molecule is CCNCC1CCN(C(=O)c2cc(O)ccc2O)CC1. The van der Waals surface area contributed by atoms with Crippen LogP contribution in [0.5, 0.6) is 11.5 Å². The van der Waals surface area contributed by atoms with Crippen molar-refractivity contribution in [3.05, 3.63) is 23.8 Å². The maximum absolute atomic E-state index is 12.3. The molecule has 110 valence electrons. The molecule has 0 saturated carbocycles. The second-order valence-electron chi connectivity index (χ2n) is 5.24. The molecule has 0 radical (unpaired) electrons. The highest BCUT2D eigenvalue weighted by Crippen LogP contribution is 2.25. The molecular weight excluding hydrogens is 256 g/mol. The molecule has 1 aromatic rings. The van der Waals surface area contributed by atoms with Gasteiger partial charge in [-0.15, -0.1) is 0 Å². The van der Waals surface area contributed by atoms with Crippen molar-refractivity contribution in [2.24, 2.45) is 5.92 Å². The Balaban J connectivity index is 1.96. The van der Waals surface area contributed by atoms with Crippen LogP contribution < -0.4 is 5.32 Å². The van der Waals surface area contributed by atoms with Crippen LogP contribution in [-0.4, -0.2) is 47.2 Å². The summed E-state index contributed by atoms with van der Waals surface area (Å²) in [4.78, 5) is 14.1. The molecule has 0 aromatic heterocycles. The van der Waals surface area contributed by atoms with Gasteiger partial charge in [0.15, 0.2) is 0 Å². The number of piperidine rings is 1. The number of likely N-dealkylation sites (tertiary alicyclic amines) is 1. The first kappa shape index (κ1) is 14.7. The molecule has 0 aliphatic carbocycles. The fourth-order valence-electron chi connectivity index (χ4n) is 2.55. The topological polar surface area (TPSA) is 72.8 Å². The summed E-state index contributed by atoms with van der Waals surface area (Å²) >= 11 is 0. The molecule has 3 N–H and O–H groups in total. The zero-order valence-corrected chi connectivity index (χ0v) is 11.8. The summed E-state index contributed by atoms with van der Waals surface area (Å²) < 4.78 is 0. The van der Waals surface area contributed by atoms with Crippen molar-refractivity contribution in [3.63, 3.8) is 0 Å². The van der Waals surface area contributed by atoms with Gasteiger partial charge in [-0.3, -0.25) is 4.79 Å². The maximum Gasteiger partial charge on any atom is 0.257 e. The van der Waals surface area contributed by atoms with Crippen LogP contribution in [0.1, 0.15) is 30.1 Å². The monoisotopic (exact) mass is 278 g/mol. The first-order valence-corrected chi connectivity index (χ1v) is 7.13. The van der Waals surface area contributed by atoms with Gasteiger partial charge in [0.25, 0.3) is 5.91 Å². The summed E-state index contributed by atoms with van der Waals surface area (Å²) in [6.45, 7) is 5.45. The second-order valence-corrected chi connectivity index (χ2v) is 5.24.